The zero-order chi connectivity index (χ0) is 12.7. The van der Waals surface area contributed by atoms with Gasteiger partial charge in [-0.2, -0.15) is 0 Å². The molecule has 0 spiro atoms. The van der Waals surface area contributed by atoms with Crippen molar-refractivity contribution in [3.8, 4) is 0 Å². The molecule has 0 aliphatic rings. The van der Waals surface area contributed by atoms with E-state index in [1.54, 1.807) is 4.90 Å². The fraction of sp³-hybridized carbons (Fsp3) is 0.500. The molecule has 0 saturated carbocycles. The molecule has 17 heavy (non-hydrogen) atoms. The minimum Gasteiger partial charge on any atom is -0.344 e. The lowest BCUT2D eigenvalue weighted by Crippen LogP contribution is -2.43. The highest BCUT2D eigenvalue weighted by atomic mass is 16.2. The van der Waals surface area contributed by atoms with Crippen LogP contribution in [0.25, 0.3) is 0 Å². The number of nitrogens with zero attached hydrogens (tertiary/aromatic N) is 1. The summed E-state index contributed by atoms with van der Waals surface area (Å²) in [5, 5.41) is 0. The molecule has 3 nitrogen and oxygen atoms in total. The van der Waals surface area contributed by atoms with Crippen LogP contribution in [0, 0.1) is 0 Å². The fourth-order valence-corrected chi connectivity index (χ4v) is 1.74. The van der Waals surface area contributed by atoms with Crippen molar-refractivity contribution in [2.45, 2.75) is 32.2 Å². The zero-order valence-corrected chi connectivity index (χ0v) is 10.7. The molecule has 0 bridgehead atoms. The summed E-state index contributed by atoms with van der Waals surface area (Å²) >= 11 is 0. The van der Waals surface area contributed by atoms with E-state index in [0.29, 0.717) is 6.42 Å². The van der Waals surface area contributed by atoms with Crippen LogP contribution in [0.2, 0.25) is 0 Å². The second kappa shape index (κ2) is 7.07. The molecule has 1 aromatic carbocycles. The van der Waals surface area contributed by atoms with Gasteiger partial charge < -0.3 is 10.6 Å². The van der Waals surface area contributed by atoms with Crippen molar-refractivity contribution >= 4 is 5.91 Å². The first-order chi connectivity index (χ1) is 8.15. The van der Waals surface area contributed by atoms with Gasteiger partial charge in [-0.05, 0) is 18.4 Å². The average Bonchev–Trinajstić information content (AvgIpc) is 2.36. The minimum absolute atomic E-state index is 0.0299. The topological polar surface area (TPSA) is 46.3 Å². The molecule has 0 aliphatic carbocycles. The Kier molecular flexibility index (Phi) is 5.70. The lowest BCUT2D eigenvalue weighted by molar-refractivity contribution is -0.131. The molecule has 0 unspecified atom stereocenters. The van der Waals surface area contributed by atoms with Crippen LogP contribution in [0.1, 0.15) is 25.3 Å². The van der Waals surface area contributed by atoms with Crippen LogP contribution in [0.15, 0.2) is 30.3 Å². The normalized spacial score (nSPS) is 12.2. The first kappa shape index (κ1) is 13.7. The Morgan fingerprint density at radius 2 is 2.00 bits per heavy atom. The first-order valence-electron chi connectivity index (χ1n) is 6.19. The predicted octanol–water partition coefficient (Wildman–Crippen LogP) is 1.81. The van der Waals surface area contributed by atoms with Gasteiger partial charge in [0, 0.05) is 13.6 Å². The van der Waals surface area contributed by atoms with E-state index in [2.05, 4.69) is 6.92 Å². The number of amides is 1. The molecular formula is C14H22N2O. The van der Waals surface area contributed by atoms with Gasteiger partial charge in [0.05, 0.1) is 6.04 Å². The fourth-order valence-electron chi connectivity index (χ4n) is 1.74. The van der Waals surface area contributed by atoms with E-state index in [1.807, 2.05) is 37.4 Å². The van der Waals surface area contributed by atoms with Gasteiger partial charge in [0.25, 0.3) is 0 Å². The van der Waals surface area contributed by atoms with Gasteiger partial charge in [0.15, 0.2) is 0 Å². The summed E-state index contributed by atoms with van der Waals surface area (Å²) in [6.07, 6.45) is 2.72. The lowest BCUT2D eigenvalue weighted by atomic mass is 10.1. The molecule has 0 saturated heterocycles. The average molecular weight is 234 g/mol. The summed E-state index contributed by atoms with van der Waals surface area (Å²) < 4.78 is 0. The Balaban J connectivity index is 2.47. The Labute approximate surface area is 104 Å². The molecule has 0 heterocycles. The van der Waals surface area contributed by atoms with E-state index >= 15 is 0 Å². The SMILES string of the molecule is CCCCN(C)C(=O)[C@@H](N)Cc1ccccc1. The predicted molar refractivity (Wildman–Crippen MR) is 70.7 cm³/mol. The number of rotatable bonds is 6. The van der Waals surface area contributed by atoms with E-state index in [0.717, 1.165) is 24.9 Å². The van der Waals surface area contributed by atoms with Gasteiger partial charge in [-0.1, -0.05) is 43.7 Å². The summed E-state index contributed by atoms with van der Waals surface area (Å²) in [7, 11) is 1.82. The van der Waals surface area contributed by atoms with E-state index in [9.17, 15) is 4.79 Å². The van der Waals surface area contributed by atoms with Crippen LogP contribution in [0.4, 0.5) is 0 Å². The van der Waals surface area contributed by atoms with Gasteiger partial charge >= 0.3 is 0 Å². The largest absolute Gasteiger partial charge is 0.344 e. The van der Waals surface area contributed by atoms with Crippen molar-refractivity contribution in [2.75, 3.05) is 13.6 Å². The maximum atomic E-state index is 12.0. The molecule has 1 aromatic rings. The van der Waals surface area contributed by atoms with Crippen LogP contribution in [-0.4, -0.2) is 30.4 Å². The van der Waals surface area contributed by atoms with Crippen LogP contribution >= 0.6 is 0 Å². The second-order valence-corrected chi connectivity index (χ2v) is 4.41. The Bertz CT molecular complexity index is 337. The number of hydrogen-bond acceptors (Lipinski definition) is 2. The van der Waals surface area contributed by atoms with E-state index in [-0.39, 0.29) is 5.91 Å². The smallest absolute Gasteiger partial charge is 0.239 e. The highest BCUT2D eigenvalue weighted by molar-refractivity contribution is 5.81. The van der Waals surface area contributed by atoms with Crippen molar-refractivity contribution in [3.05, 3.63) is 35.9 Å². The van der Waals surface area contributed by atoms with Crippen molar-refractivity contribution in [2.24, 2.45) is 5.73 Å². The molecule has 0 aliphatic heterocycles. The Morgan fingerprint density at radius 1 is 1.35 bits per heavy atom. The third kappa shape index (κ3) is 4.57. The molecule has 1 rings (SSSR count). The van der Waals surface area contributed by atoms with Crippen LogP contribution < -0.4 is 5.73 Å². The van der Waals surface area contributed by atoms with Crippen molar-refractivity contribution in [1.29, 1.82) is 0 Å². The summed E-state index contributed by atoms with van der Waals surface area (Å²) in [5.41, 5.74) is 7.04. The summed E-state index contributed by atoms with van der Waals surface area (Å²) in [4.78, 5) is 13.7. The Hall–Kier alpha value is -1.35. The number of hydrogen-bond donors (Lipinski definition) is 1. The lowest BCUT2D eigenvalue weighted by Gasteiger charge is -2.21. The first-order valence-corrected chi connectivity index (χ1v) is 6.19. The molecule has 2 N–H and O–H groups in total. The molecule has 1 atom stereocenters. The number of carbonyl (C=O) groups excluding carboxylic acids is 1. The minimum atomic E-state index is -0.431. The van der Waals surface area contributed by atoms with Gasteiger partial charge in [0.1, 0.15) is 0 Å². The van der Waals surface area contributed by atoms with Crippen LogP contribution in [0.5, 0.6) is 0 Å². The zero-order valence-electron chi connectivity index (χ0n) is 10.7. The highest BCUT2D eigenvalue weighted by Crippen LogP contribution is 2.04. The monoisotopic (exact) mass is 234 g/mol. The third-order valence-corrected chi connectivity index (χ3v) is 2.84. The van der Waals surface area contributed by atoms with Crippen molar-refractivity contribution in [3.63, 3.8) is 0 Å². The maximum absolute atomic E-state index is 12.0. The third-order valence-electron chi connectivity index (χ3n) is 2.84. The standard InChI is InChI=1S/C14H22N2O/c1-3-4-10-16(2)14(17)13(15)11-12-8-6-5-7-9-12/h5-9,13H,3-4,10-11,15H2,1-2H3/t13-/m0/s1. The number of carbonyl (C=O) groups is 1. The van der Waals surface area contributed by atoms with E-state index in [1.165, 1.54) is 0 Å². The molecule has 0 fully saturated rings. The summed E-state index contributed by atoms with van der Waals surface area (Å²) in [6, 6.07) is 9.46. The molecule has 0 radical (unpaired) electrons. The van der Waals surface area contributed by atoms with Crippen molar-refractivity contribution in [1.82, 2.24) is 4.90 Å². The maximum Gasteiger partial charge on any atom is 0.239 e. The highest BCUT2D eigenvalue weighted by Gasteiger charge is 2.17. The molecule has 3 heteroatoms. The summed E-state index contributed by atoms with van der Waals surface area (Å²) in [6.45, 7) is 2.90. The van der Waals surface area contributed by atoms with Crippen LogP contribution in [-0.2, 0) is 11.2 Å². The quantitative estimate of drug-likeness (QED) is 0.816. The molecular weight excluding hydrogens is 212 g/mol. The van der Waals surface area contributed by atoms with E-state index < -0.39 is 6.04 Å². The number of nitrogens with two attached hydrogens (primary N) is 1. The second-order valence-electron chi connectivity index (χ2n) is 4.41. The number of likely N-dealkylation sites (N-methyl/N-ethyl adjacent to an activating group) is 1. The molecule has 1 amide bonds. The van der Waals surface area contributed by atoms with Crippen molar-refractivity contribution < 1.29 is 4.79 Å². The van der Waals surface area contributed by atoms with Gasteiger partial charge in [-0.3, -0.25) is 4.79 Å². The summed E-state index contributed by atoms with van der Waals surface area (Å²) in [5.74, 6) is 0.0299. The van der Waals surface area contributed by atoms with Gasteiger partial charge in [-0.25, -0.2) is 0 Å². The number of unbranched alkanes of at least 4 members (excludes halogenated alkanes) is 1. The molecule has 0 aromatic heterocycles. The van der Waals surface area contributed by atoms with Crippen LogP contribution in [0.3, 0.4) is 0 Å². The number of benzene rings is 1. The Morgan fingerprint density at radius 3 is 2.59 bits per heavy atom. The molecule has 94 valence electrons. The van der Waals surface area contributed by atoms with Gasteiger partial charge in [-0.15, -0.1) is 0 Å². The van der Waals surface area contributed by atoms with E-state index in [4.69, 9.17) is 5.73 Å². The van der Waals surface area contributed by atoms with Gasteiger partial charge in [0.2, 0.25) is 5.91 Å².